The van der Waals surface area contributed by atoms with Crippen LogP contribution in [0.4, 0.5) is 30.9 Å². The van der Waals surface area contributed by atoms with E-state index in [1.165, 1.54) is 6.07 Å². The first-order chi connectivity index (χ1) is 17.4. The zero-order valence-electron chi connectivity index (χ0n) is 19.0. The van der Waals surface area contributed by atoms with Crippen LogP contribution in [0.25, 0.3) is 11.2 Å². The Bertz CT molecular complexity index is 1370. The number of carbonyl (C=O) groups is 1. The molecule has 0 bridgehead atoms. The minimum Gasteiger partial charge on any atom is -0.364 e. The van der Waals surface area contributed by atoms with Crippen LogP contribution in [-0.2, 0) is 24.1 Å². The molecule has 1 aromatic carbocycles. The van der Waals surface area contributed by atoms with Gasteiger partial charge in [0.05, 0.1) is 11.9 Å². The van der Waals surface area contributed by atoms with Gasteiger partial charge in [0.25, 0.3) is 0 Å². The van der Waals surface area contributed by atoms with Crippen molar-refractivity contribution in [1.82, 2.24) is 34.4 Å². The third kappa shape index (κ3) is 5.19. The molecule has 186 valence electrons. The number of halogens is 3. The summed E-state index contributed by atoms with van der Waals surface area (Å²) in [5.74, 6) is 0.946. The van der Waals surface area contributed by atoms with E-state index < -0.39 is 11.7 Å². The predicted molar refractivity (Wildman–Crippen MR) is 125 cm³/mol. The molecule has 1 aliphatic heterocycles. The van der Waals surface area contributed by atoms with Gasteiger partial charge in [0.15, 0.2) is 17.0 Å². The van der Waals surface area contributed by atoms with Crippen molar-refractivity contribution in [1.29, 1.82) is 0 Å². The fraction of sp³-hybridized carbons (Fsp3) is 0.304. The van der Waals surface area contributed by atoms with Gasteiger partial charge in [-0.2, -0.15) is 23.1 Å². The molecule has 10 nitrogen and oxygen atoms in total. The maximum Gasteiger partial charge on any atom is 0.416 e. The first-order valence-electron chi connectivity index (χ1n) is 11.3. The number of likely N-dealkylation sites (tertiary alicyclic amines) is 1. The Morgan fingerprint density at radius 3 is 2.58 bits per heavy atom. The van der Waals surface area contributed by atoms with Crippen molar-refractivity contribution in [3.8, 4) is 0 Å². The highest BCUT2D eigenvalue weighted by molar-refractivity contribution is 5.84. The third-order valence-corrected chi connectivity index (χ3v) is 5.75. The van der Waals surface area contributed by atoms with E-state index in [1.807, 2.05) is 4.57 Å². The SMILES string of the molecule is O=C1CCCN1CCn1cnc2c(NCc3cccc(C(F)(F)F)c3)nc(Nc3ncccn3)nc21. The molecule has 0 aliphatic carbocycles. The third-order valence-electron chi connectivity index (χ3n) is 5.75. The highest BCUT2D eigenvalue weighted by Crippen LogP contribution is 2.30. The Morgan fingerprint density at radius 1 is 1.00 bits per heavy atom. The van der Waals surface area contributed by atoms with Crippen LogP contribution in [0.5, 0.6) is 0 Å². The monoisotopic (exact) mass is 497 g/mol. The fourth-order valence-corrected chi connectivity index (χ4v) is 3.96. The van der Waals surface area contributed by atoms with E-state index in [0.29, 0.717) is 42.1 Å². The summed E-state index contributed by atoms with van der Waals surface area (Å²) < 4.78 is 41.2. The largest absolute Gasteiger partial charge is 0.416 e. The van der Waals surface area contributed by atoms with Gasteiger partial charge < -0.3 is 14.8 Å². The van der Waals surface area contributed by atoms with E-state index in [9.17, 15) is 18.0 Å². The van der Waals surface area contributed by atoms with Crippen LogP contribution in [0.3, 0.4) is 0 Å². The number of amides is 1. The van der Waals surface area contributed by atoms with Crippen LogP contribution in [0.2, 0.25) is 0 Å². The van der Waals surface area contributed by atoms with Gasteiger partial charge in [-0.15, -0.1) is 0 Å². The van der Waals surface area contributed by atoms with Crippen molar-refractivity contribution in [2.24, 2.45) is 0 Å². The standard InChI is InChI=1S/C23H22F3N9O/c24-23(25,26)16-5-1-4-15(12-16)13-29-19-18-20(32-22(31-19)33-21-27-7-3-8-28-21)35(14-30-18)11-10-34-9-2-6-17(34)36/h1,3-5,7-8,12,14H,2,6,9-11,13H2,(H2,27,28,29,31,32,33). The number of aromatic nitrogens is 6. The van der Waals surface area contributed by atoms with Gasteiger partial charge in [-0.1, -0.05) is 12.1 Å². The van der Waals surface area contributed by atoms with Crippen LogP contribution < -0.4 is 10.6 Å². The van der Waals surface area contributed by atoms with Gasteiger partial charge in [0.1, 0.15) is 0 Å². The number of imidazole rings is 1. The van der Waals surface area contributed by atoms with Crippen LogP contribution in [0.15, 0.2) is 49.1 Å². The summed E-state index contributed by atoms with van der Waals surface area (Å²) in [6.45, 7) is 1.81. The number of anilines is 3. The lowest BCUT2D eigenvalue weighted by Crippen LogP contribution is -2.28. The molecule has 1 fully saturated rings. The summed E-state index contributed by atoms with van der Waals surface area (Å²) in [7, 11) is 0. The molecule has 13 heteroatoms. The minimum atomic E-state index is -4.43. The average Bonchev–Trinajstić information content (AvgIpc) is 3.47. The lowest BCUT2D eigenvalue weighted by Gasteiger charge is -2.16. The molecule has 5 rings (SSSR count). The maximum absolute atomic E-state index is 13.1. The number of nitrogens with zero attached hydrogens (tertiary/aromatic N) is 7. The smallest absolute Gasteiger partial charge is 0.364 e. The van der Waals surface area contributed by atoms with Crippen molar-refractivity contribution < 1.29 is 18.0 Å². The van der Waals surface area contributed by atoms with E-state index in [4.69, 9.17) is 0 Å². The molecule has 3 aromatic heterocycles. The second-order valence-corrected chi connectivity index (χ2v) is 8.24. The molecule has 0 spiro atoms. The average molecular weight is 497 g/mol. The molecule has 1 saturated heterocycles. The second kappa shape index (κ2) is 9.76. The van der Waals surface area contributed by atoms with E-state index in [1.54, 1.807) is 35.8 Å². The first-order valence-corrected chi connectivity index (χ1v) is 11.3. The quantitative estimate of drug-likeness (QED) is 0.380. The van der Waals surface area contributed by atoms with Crippen LogP contribution in [0.1, 0.15) is 24.0 Å². The van der Waals surface area contributed by atoms with Crippen LogP contribution >= 0.6 is 0 Å². The van der Waals surface area contributed by atoms with Crippen LogP contribution in [-0.4, -0.2) is 53.4 Å². The predicted octanol–water partition coefficient (Wildman–Crippen LogP) is 3.61. The Morgan fingerprint density at radius 2 is 1.83 bits per heavy atom. The molecule has 4 heterocycles. The van der Waals surface area contributed by atoms with E-state index in [-0.39, 0.29) is 24.3 Å². The number of carbonyl (C=O) groups excluding carboxylic acids is 1. The number of benzene rings is 1. The number of hydrogen-bond donors (Lipinski definition) is 2. The molecule has 2 N–H and O–H groups in total. The molecule has 1 amide bonds. The van der Waals surface area contributed by atoms with Crippen LogP contribution in [0, 0.1) is 0 Å². The molecule has 1 aliphatic rings. The lowest BCUT2D eigenvalue weighted by molar-refractivity contribution is -0.137. The summed E-state index contributed by atoms with van der Waals surface area (Å²) in [5.41, 5.74) is 0.666. The van der Waals surface area contributed by atoms with Crippen molar-refractivity contribution in [3.05, 3.63) is 60.2 Å². The topological polar surface area (TPSA) is 114 Å². The zero-order valence-corrected chi connectivity index (χ0v) is 19.0. The molecule has 0 atom stereocenters. The summed E-state index contributed by atoms with van der Waals surface area (Å²) in [4.78, 5) is 35.5. The molecule has 0 unspecified atom stereocenters. The van der Waals surface area contributed by atoms with Gasteiger partial charge in [0.2, 0.25) is 17.8 Å². The maximum atomic E-state index is 13.1. The highest BCUT2D eigenvalue weighted by Gasteiger charge is 2.30. The Labute approximate surface area is 203 Å². The van der Waals surface area contributed by atoms with Gasteiger partial charge in [-0.25, -0.2) is 15.0 Å². The summed E-state index contributed by atoms with van der Waals surface area (Å²) in [6, 6.07) is 6.76. The van der Waals surface area contributed by atoms with Gasteiger partial charge in [-0.05, 0) is 30.2 Å². The summed E-state index contributed by atoms with van der Waals surface area (Å²) in [5, 5.41) is 6.03. The number of alkyl halides is 3. The highest BCUT2D eigenvalue weighted by atomic mass is 19.4. The zero-order chi connectivity index (χ0) is 25.1. The molecule has 0 saturated carbocycles. The lowest BCUT2D eigenvalue weighted by atomic mass is 10.1. The van der Waals surface area contributed by atoms with Crippen molar-refractivity contribution >= 4 is 34.8 Å². The fourth-order valence-electron chi connectivity index (χ4n) is 3.96. The molecular formula is C23H22F3N9O. The number of fused-ring (bicyclic) bond motifs is 1. The summed E-state index contributed by atoms with van der Waals surface area (Å²) in [6.07, 6.45) is 1.72. The Hall–Kier alpha value is -4.29. The molecular weight excluding hydrogens is 475 g/mol. The summed E-state index contributed by atoms with van der Waals surface area (Å²) >= 11 is 0. The van der Waals surface area contributed by atoms with Crippen molar-refractivity contribution in [3.63, 3.8) is 0 Å². The van der Waals surface area contributed by atoms with E-state index in [0.717, 1.165) is 25.1 Å². The van der Waals surface area contributed by atoms with Gasteiger partial charge in [0, 0.05) is 45.0 Å². The number of nitrogens with one attached hydrogen (secondary N) is 2. The van der Waals surface area contributed by atoms with Gasteiger partial charge in [-0.3, -0.25) is 10.1 Å². The normalized spacial score (nSPS) is 14.0. The molecule has 0 radical (unpaired) electrons. The number of hydrogen-bond acceptors (Lipinski definition) is 8. The molecule has 4 aromatic rings. The van der Waals surface area contributed by atoms with Gasteiger partial charge >= 0.3 is 6.18 Å². The molecule has 36 heavy (non-hydrogen) atoms. The Balaban J connectivity index is 1.43. The Kier molecular flexibility index (Phi) is 6.36. The minimum absolute atomic E-state index is 0.0897. The first kappa shape index (κ1) is 23.5. The number of rotatable bonds is 8. The van der Waals surface area contributed by atoms with Crippen molar-refractivity contribution in [2.45, 2.75) is 32.1 Å². The van der Waals surface area contributed by atoms with E-state index >= 15 is 0 Å². The van der Waals surface area contributed by atoms with Crippen molar-refractivity contribution in [2.75, 3.05) is 23.7 Å². The van der Waals surface area contributed by atoms with E-state index in [2.05, 4.69) is 35.6 Å². The second-order valence-electron chi connectivity index (χ2n) is 8.24.